The Morgan fingerprint density at radius 3 is 2.82 bits per heavy atom. The summed E-state index contributed by atoms with van der Waals surface area (Å²) in [5, 5.41) is 17.0. The van der Waals surface area contributed by atoms with Gasteiger partial charge in [-0.3, -0.25) is 0 Å². The van der Waals surface area contributed by atoms with Gasteiger partial charge in [0, 0.05) is 25.1 Å². The molecule has 2 aliphatic heterocycles. The van der Waals surface area contributed by atoms with E-state index in [1.165, 1.54) is 5.56 Å². The van der Waals surface area contributed by atoms with E-state index in [1.54, 1.807) is 0 Å². The molecule has 4 heterocycles. The Hall–Kier alpha value is -2.47. The van der Waals surface area contributed by atoms with Crippen molar-refractivity contribution < 1.29 is 14.6 Å². The number of hydrogen-bond acceptors (Lipinski definition) is 6. The first-order valence-corrected chi connectivity index (χ1v) is 13.0. The van der Waals surface area contributed by atoms with Crippen molar-refractivity contribution in [3.05, 3.63) is 45.3 Å². The third kappa shape index (κ3) is 3.71. The summed E-state index contributed by atoms with van der Waals surface area (Å²) in [5.74, 6) is 0.842. The first kappa shape index (κ1) is 22.0. The summed E-state index contributed by atoms with van der Waals surface area (Å²) in [4.78, 5) is 23.6. The molecule has 34 heavy (non-hydrogen) atoms. The fraction of sp³-hybridized carbons (Fsp3) is 0.500. The molecular formula is C24H27IN6O3. The van der Waals surface area contributed by atoms with Crippen molar-refractivity contribution in [1.29, 1.82) is 0 Å². The second-order valence-electron chi connectivity index (χ2n) is 9.56. The van der Waals surface area contributed by atoms with Crippen LogP contribution >= 0.6 is 22.6 Å². The fourth-order valence-electron chi connectivity index (χ4n) is 5.92. The lowest BCUT2D eigenvalue weighted by molar-refractivity contribution is -0.0372. The number of benzene rings is 1. The van der Waals surface area contributed by atoms with Gasteiger partial charge in [-0.05, 0) is 72.2 Å². The summed E-state index contributed by atoms with van der Waals surface area (Å²) < 4.78 is 8.71. The first-order chi connectivity index (χ1) is 16.5. The molecule has 10 heteroatoms. The maximum absolute atomic E-state index is 11.6. The molecule has 3 aromatic rings. The van der Waals surface area contributed by atoms with Gasteiger partial charge in [-0.1, -0.05) is 24.3 Å². The minimum atomic E-state index is -0.965. The molecule has 2 N–H and O–H groups in total. The van der Waals surface area contributed by atoms with Gasteiger partial charge in [-0.15, -0.1) is 0 Å². The number of amides is 1. The van der Waals surface area contributed by atoms with Crippen molar-refractivity contribution >= 4 is 45.7 Å². The Kier molecular flexibility index (Phi) is 5.59. The number of piperidine rings is 1. The largest absolute Gasteiger partial charge is 0.465 e. The Balaban J connectivity index is 1.26. The third-order valence-electron chi connectivity index (χ3n) is 7.65. The summed E-state index contributed by atoms with van der Waals surface area (Å²) in [6, 6.07) is 8.04. The van der Waals surface area contributed by atoms with Crippen molar-refractivity contribution in [3.63, 3.8) is 0 Å². The lowest BCUT2D eigenvalue weighted by atomic mass is 9.72. The molecule has 1 amide bonds. The lowest BCUT2D eigenvalue weighted by Crippen LogP contribution is -2.47. The molecule has 2 aromatic heterocycles. The van der Waals surface area contributed by atoms with Crippen LogP contribution in [0.5, 0.6) is 0 Å². The number of fused-ring (bicyclic) bond motifs is 2. The van der Waals surface area contributed by atoms with E-state index in [1.807, 2.05) is 23.0 Å². The Morgan fingerprint density at radius 2 is 2.06 bits per heavy atom. The molecule has 1 aromatic carbocycles. The maximum atomic E-state index is 11.6. The highest BCUT2D eigenvalue weighted by Gasteiger charge is 2.48. The average molecular weight is 574 g/mol. The normalized spacial score (nSPS) is 23.9. The smallest absolute Gasteiger partial charge is 0.405 e. The van der Waals surface area contributed by atoms with Gasteiger partial charge in [-0.25, -0.2) is 19.4 Å². The third-order valence-corrected chi connectivity index (χ3v) is 8.38. The Morgan fingerprint density at radius 1 is 1.24 bits per heavy atom. The van der Waals surface area contributed by atoms with E-state index >= 15 is 0 Å². The van der Waals surface area contributed by atoms with E-state index in [4.69, 9.17) is 14.7 Å². The molecule has 2 fully saturated rings. The van der Waals surface area contributed by atoms with E-state index in [2.05, 4.69) is 50.0 Å². The van der Waals surface area contributed by atoms with Crippen molar-refractivity contribution in [3.8, 4) is 0 Å². The van der Waals surface area contributed by atoms with Crippen LogP contribution in [0.3, 0.4) is 0 Å². The lowest BCUT2D eigenvalue weighted by Gasteiger charge is -2.43. The predicted molar refractivity (Wildman–Crippen MR) is 135 cm³/mol. The summed E-state index contributed by atoms with van der Waals surface area (Å²) in [5.41, 5.74) is 3.84. The SMILES string of the molecule is O=C(O)N[C@@H]1c2ccccc2CC12CCN(c1cnc3c(I)nn(C4CCCCO4)c3n1)CC2. The highest BCUT2D eigenvalue weighted by atomic mass is 127. The molecular weight excluding hydrogens is 547 g/mol. The van der Waals surface area contributed by atoms with Crippen LogP contribution in [0.2, 0.25) is 0 Å². The van der Waals surface area contributed by atoms with Crippen molar-refractivity contribution in [2.24, 2.45) is 5.41 Å². The highest BCUT2D eigenvalue weighted by molar-refractivity contribution is 14.1. The zero-order chi connectivity index (χ0) is 23.3. The number of aromatic nitrogens is 4. The molecule has 2 atom stereocenters. The van der Waals surface area contributed by atoms with E-state index in [-0.39, 0.29) is 17.7 Å². The second kappa shape index (κ2) is 8.63. The van der Waals surface area contributed by atoms with Gasteiger partial charge < -0.3 is 20.1 Å². The number of carbonyl (C=O) groups is 1. The van der Waals surface area contributed by atoms with Gasteiger partial charge >= 0.3 is 6.09 Å². The van der Waals surface area contributed by atoms with Crippen LogP contribution in [-0.4, -0.2) is 50.6 Å². The van der Waals surface area contributed by atoms with Crippen LogP contribution in [0.25, 0.3) is 11.2 Å². The molecule has 3 aliphatic rings. The Labute approximate surface area is 211 Å². The highest BCUT2D eigenvalue weighted by Crippen LogP contribution is 2.52. The van der Waals surface area contributed by atoms with Gasteiger partial charge in [0.15, 0.2) is 15.6 Å². The summed E-state index contributed by atoms with van der Waals surface area (Å²) >= 11 is 2.22. The van der Waals surface area contributed by atoms with Gasteiger partial charge in [0.25, 0.3) is 0 Å². The van der Waals surface area contributed by atoms with Gasteiger partial charge in [-0.2, -0.15) is 5.10 Å². The molecule has 0 saturated carbocycles. The van der Waals surface area contributed by atoms with Crippen LogP contribution in [0.4, 0.5) is 10.6 Å². The fourth-order valence-corrected chi connectivity index (χ4v) is 6.54. The van der Waals surface area contributed by atoms with Crippen LogP contribution < -0.4 is 10.2 Å². The van der Waals surface area contributed by atoms with Crippen molar-refractivity contribution in [1.82, 2.24) is 25.1 Å². The first-order valence-electron chi connectivity index (χ1n) is 11.9. The quantitative estimate of drug-likeness (QED) is 0.450. The number of nitrogens with one attached hydrogen (secondary N) is 1. The molecule has 178 valence electrons. The van der Waals surface area contributed by atoms with Gasteiger partial charge in [0.1, 0.15) is 11.3 Å². The molecule has 2 saturated heterocycles. The van der Waals surface area contributed by atoms with Crippen LogP contribution in [-0.2, 0) is 11.2 Å². The van der Waals surface area contributed by atoms with Crippen molar-refractivity contribution in [2.45, 2.75) is 50.8 Å². The van der Waals surface area contributed by atoms with E-state index in [0.29, 0.717) is 0 Å². The van der Waals surface area contributed by atoms with E-state index in [0.717, 1.165) is 84.5 Å². The maximum Gasteiger partial charge on any atom is 0.405 e. The molecule has 9 nitrogen and oxygen atoms in total. The molecule has 0 radical (unpaired) electrons. The average Bonchev–Trinajstić information content (AvgIpc) is 3.34. The standard InChI is InChI=1S/C24H27IN6O3/c25-21-19-22(31(29-21)18-7-3-4-12-34-18)27-17(14-26-19)30-10-8-24(9-11-30)13-15-5-1-2-6-16(15)20(24)28-23(32)33/h1-2,5-6,14,18,20,28H,3-4,7-13H2,(H,32,33)/t18?,20-/m1/s1. The van der Waals surface area contributed by atoms with Gasteiger partial charge in [0.05, 0.1) is 12.2 Å². The summed E-state index contributed by atoms with van der Waals surface area (Å²) in [6.45, 7) is 2.35. The van der Waals surface area contributed by atoms with Crippen LogP contribution in [0.15, 0.2) is 30.5 Å². The monoisotopic (exact) mass is 574 g/mol. The number of halogens is 1. The van der Waals surface area contributed by atoms with E-state index < -0.39 is 6.09 Å². The number of anilines is 1. The van der Waals surface area contributed by atoms with Crippen LogP contribution in [0, 0.1) is 9.12 Å². The predicted octanol–water partition coefficient (Wildman–Crippen LogP) is 4.28. The van der Waals surface area contributed by atoms with Gasteiger partial charge in [0.2, 0.25) is 0 Å². The van der Waals surface area contributed by atoms with Crippen molar-refractivity contribution in [2.75, 3.05) is 24.6 Å². The molecule has 6 rings (SSSR count). The van der Waals surface area contributed by atoms with E-state index in [9.17, 15) is 9.90 Å². The topological polar surface area (TPSA) is 105 Å². The zero-order valence-electron chi connectivity index (χ0n) is 18.8. The number of rotatable bonds is 3. The number of hydrogen-bond donors (Lipinski definition) is 2. The number of nitrogens with zero attached hydrogens (tertiary/aromatic N) is 5. The number of carboxylic acid groups (broad SMARTS) is 1. The minimum absolute atomic E-state index is 0.0891. The molecule has 1 aliphatic carbocycles. The second-order valence-corrected chi connectivity index (χ2v) is 10.6. The summed E-state index contributed by atoms with van der Waals surface area (Å²) in [7, 11) is 0. The van der Waals surface area contributed by atoms with Crippen LogP contribution in [0.1, 0.15) is 55.5 Å². The minimum Gasteiger partial charge on any atom is -0.465 e. The molecule has 1 spiro atoms. The zero-order valence-corrected chi connectivity index (χ0v) is 20.9. The molecule has 0 bridgehead atoms. The number of ether oxygens (including phenoxy) is 1. The Bertz CT molecular complexity index is 1230. The molecule has 1 unspecified atom stereocenters. The summed E-state index contributed by atoms with van der Waals surface area (Å²) in [6.07, 6.45) is 6.59.